The summed E-state index contributed by atoms with van der Waals surface area (Å²) in [6, 6.07) is 6.92. The molecule has 54 valence electrons. The van der Waals surface area contributed by atoms with Crippen LogP contribution in [0.1, 0.15) is 5.56 Å². The Morgan fingerprint density at radius 1 is 1.36 bits per heavy atom. The smallest absolute Gasteiger partial charge is 0.139 e. The van der Waals surface area contributed by atoms with Gasteiger partial charge in [0.25, 0.3) is 0 Å². The number of nitrogens with one attached hydrogen (secondary N) is 1. The third-order valence-corrected chi connectivity index (χ3v) is 1.24. The fourth-order valence-corrected chi connectivity index (χ4v) is 0.681. The van der Waals surface area contributed by atoms with Crippen molar-refractivity contribution in [2.75, 3.05) is 0 Å². The van der Waals surface area contributed by atoms with Crippen molar-refractivity contribution >= 4 is 5.71 Å². The Labute approximate surface area is 63.4 Å². The standard InChI is InChI=1S/C8H5FN2/c9-7-3-1-6(2-4-7)8(11)5-10/h1-4,11H. The lowest BCUT2D eigenvalue weighted by Gasteiger charge is -1.92. The van der Waals surface area contributed by atoms with Gasteiger partial charge in [-0.3, -0.25) is 5.41 Å². The first-order valence-corrected chi connectivity index (χ1v) is 2.98. The van der Waals surface area contributed by atoms with Crippen LogP contribution in [0.4, 0.5) is 4.39 Å². The Balaban J connectivity index is 3.01. The highest BCUT2D eigenvalue weighted by Gasteiger charge is 1.97. The van der Waals surface area contributed by atoms with Crippen LogP contribution >= 0.6 is 0 Å². The Bertz CT molecular complexity index is 308. The van der Waals surface area contributed by atoms with Crippen molar-refractivity contribution in [3.63, 3.8) is 0 Å². The Morgan fingerprint density at radius 3 is 2.36 bits per heavy atom. The molecule has 1 rings (SSSR count). The van der Waals surface area contributed by atoms with E-state index in [9.17, 15) is 4.39 Å². The number of rotatable bonds is 1. The number of hydrogen-bond acceptors (Lipinski definition) is 2. The first-order chi connectivity index (χ1) is 5.24. The third-order valence-electron chi connectivity index (χ3n) is 1.24. The molecule has 0 saturated carbocycles. The summed E-state index contributed by atoms with van der Waals surface area (Å²) in [6.07, 6.45) is 0. The Morgan fingerprint density at radius 2 is 1.91 bits per heavy atom. The van der Waals surface area contributed by atoms with Gasteiger partial charge in [-0.05, 0) is 24.3 Å². The topological polar surface area (TPSA) is 47.6 Å². The molecule has 11 heavy (non-hydrogen) atoms. The van der Waals surface area contributed by atoms with Crippen LogP contribution in [0.5, 0.6) is 0 Å². The molecule has 2 nitrogen and oxygen atoms in total. The van der Waals surface area contributed by atoms with Crippen molar-refractivity contribution in [1.29, 1.82) is 10.7 Å². The lowest BCUT2D eigenvalue weighted by molar-refractivity contribution is 0.628. The fourth-order valence-electron chi connectivity index (χ4n) is 0.681. The zero-order chi connectivity index (χ0) is 8.27. The van der Waals surface area contributed by atoms with Gasteiger partial charge < -0.3 is 0 Å². The SMILES string of the molecule is N#CC(=N)c1ccc(F)cc1. The van der Waals surface area contributed by atoms with Crippen molar-refractivity contribution in [1.82, 2.24) is 0 Å². The van der Waals surface area contributed by atoms with Crippen molar-refractivity contribution in [2.24, 2.45) is 0 Å². The Kier molecular flexibility index (Phi) is 1.98. The molecule has 0 saturated heterocycles. The average Bonchev–Trinajstić information content (AvgIpc) is 2.05. The quantitative estimate of drug-likeness (QED) is 0.605. The summed E-state index contributed by atoms with van der Waals surface area (Å²) in [6.45, 7) is 0. The van der Waals surface area contributed by atoms with Gasteiger partial charge in [0.1, 0.15) is 17.6 Å². The summed E-state index contributed by atoms with van der Waals surface area (Å²) >= 11 is 0. The molecule has 0 radical (unpaired) electrons. The number of nitrogens with zero attached hydrogens (tertiary/aromatic N) is 1. The summed E-state index contributed by atoms with van der Waals surface area (Å²) in [4.78, 5) is 0. The van der Waals surface area contributed by atoms with E-state index in [0.717, 1.165) is 0 Å². The lowest BCUT2D eigenvalue weighted by atomic mass is 10.1. The first-order valence-electron chi connectivity index (χ1n) is 2.98. The van der Waals surface area contributed by atoms with E-state index in [4.69, 9.17) is 10.7 Å². The molecule has 1 N–H and O–H groups in total. The van der Waals surface area contributed by atoms with Gasteiger partial charge >= 0.3 is 0 Å². The van der Waals surface area contributed by atoms with E-state index in [2.05, 4.69) is 0 Å². The van der Waals surface area contributed by atoms with Gasteiger partial charge in [-0.15, -0.1) is 0 Å². The van der Waals surface area contributed by atoms with Gasteiger partial charge in [-0.2, -0.15) is 5.26 Å². The number of benzene rings is 1. The van der Waals surface area contributed by atoms with Crippen LogP contribution in [0.25, 0.3) is 0 Å². The van der Waals surface area contributed by atoms with Crippen LogP contribution in [-0.2, 0) is 0 Å². The monoisotopic (exact) mass is 148 g/mol. The van der Waals surface area contributed by atoms with Gasteiger partial charge in [0.15, 0.2) is 0 Å². The number of nitriles is 1. The second-order valence-corrected chi connectivity index (χ2v) is 1.99. The molecular formula is C8H5FN2. The number of hydrogen-bond donors (Lipinski definition) is 1. The normalized spacial score (nSPS) is 8.73. The molecule has 0 aliphatic rings. The molecule has 0 aliphatic carbocycles. The Hall–Kier alpha value is -1.69. The van der Waals surface area contributed by atoms with Crippen molar-refractivity contribution in [3.05, 3.63) is 35.6 Å². The zero-order valence-electron chi connectivity index (χ0n) is 5.63. The van der Waals surface area contributed by atoms with E-state index in [1.54, 1.807) is 6.07 Å². The molecule has 0 aliphatic heterocycles. The maximum atomic E-state index is 12.3. The van der Waals surface area contributed by atoms with E-state index in [-0.39, 0.29) is 11.5 Å². The van der Waals surface area contributed by atoms with Gasteiger partial charge in [-0.1, -0.05) is 0 Å². The molecule has 1 aromatic carbocycles. The molecule has 0 fully saturated rings. The molecular weight excluding hydrogens is 143 g/mol. The first kappa shape index (κ1) is 7.42. The van der Waals surface area contributed by atoms with Gasteiger partial charge in [-0.25, -0.2) is 4.39 Å². The highest BCUT2D eigenvalue weighted by molar-refractivity contribution is 6.09. The van der Waals surface area contributed by atoms with Crippen LogP contribution in [0.3, 0.4) is 0 Å². The second kappa shape index (κ2) is 2.93. The second-order valence-electron chi connectivity index (χ2n) is 1.99. The lowest BCUT2D eigenvalue weighted by Crippen LogP contribution is -1.93. The van der Waals surface area contributed by atoms with Crippen LogP contribution in [0.15, 0.2) is 24.3 Å². The predicted molar refractivity (Wildman–Crippen MR) is 38.8 cm³/mol. The highest BCUT2D eigenvalue weighted by Crippen LogP contribution is 2.02. The maximum absolute atomic E-state index is 12.3. The van der Waals surface area contributed by atoms with E-state index in [1.807, 2.05) is 0 Å². The third kappa shape index (κ3) is 1.62. The minimum absolute atomic E-state index is 0.148. The van der Waals surface area contributed by atoms with E-state index < -0.39 is 0 Å². The van der Waals surface area contributed by atoms with E-state index in [0.29, 0.717) is 5.56 Å². The van der Waals surface area contributed by atoms with Crippen molar-refractivity contribution < 1.29 is 4.39 Å². The van der Waals surface area contributed by atoms with Crippen LogP contribution in [-0.4, -0.2) is 5.71 Å². The maximum Gasteiger partial charge on any atom is 0.139 e. The molecule has 0 atom stereocenters. The van der Waals surface area contributed by atoms with E-state index >= 15 is 0 Å². The summed E-state index contributed by atoms with van der Waals surface area (Å²) in [5.74, 6) is -0.362. The number of halogens is 1. The van der Waals surface area contributed by atoms with Crippen LogP contribution in [0.2, 0.25) is 0 Å². The fraction of sp³-hybridized carbons (Fsp3) is 0. The van der Waals surface area contributed by atoms with Gasteiger partial charge in [0.2, 0.25) is 0 Å². The molecule has 1 aromatic rings. The summed E-state index contributed by atoms with van der Waals surface area (Å²) in [5, 5.41) is 15.4. The largest absolute Gasteiger partial charge is 0.290 e. The molecule has 0 aromatic heterocycles. The predicted octanol–water partition coefficient (Wildman–Crippen LogP) is 1.72. The molecule has 3 heteroatoms. The minimum Gasteiger partial charge on any atom is -0.290 e. The summed E-state index contributed by atoms with van der Waals surface area (Å²) < 4.78 is 12.3. The van der Waals surface area contributed by atoms with E-state index in [1.165, 1.54) is 24.3 Å². The summed E-state index contributed by atoms with van der Waals surface area (Å²) in [7, 11) is 0. The summed E-state index contributed by atoms with van der Waals surface area (Å²) in [5.41, 5.74) is 0.291. The van der Waals surface area contributed by atoms with Gasteiger partial charge in [0.05, 0.1) is 0 Å². The van der Waals surface area contributed by atoms with Crippen molar-refractivity contribution in [3.8, 4) is 6.07 Å². The average molecular weight is 148 g/mol. The van der Waals surface area contributed by atoms with Crippen LogP contribution in [0, 0.1) is 22.6 Å². The molecule has 0 spiro atoms. The molecule has 0 unspecified atom stereocenters. The zero-order valence-corrected chi connectivity index (χ0v) is 5.63. The highest BCUT2D eigenvalue weighted by atomic mass is 19.1. The molecule has 0 amide bonds. The van der Waals surface area contributed by atoms with Crippen molar-refractivity contribution in [2.45, 2.75) is 0 Å². The molecule has 0 bridgehead atoms. The minimum atomic E-state index is -0.362. The molecule has 0 heterocycles. The van der Waals surface area contributed by atoms with Crippen LogP contribution < -0.4 is 0 Å². The van der Waals surface area contributed by atoms with Gasteiger partial charge in [0, 0.05) is 5.56 Å².